The highest BCUT2D eigenvalue weighted by atomic mass is 32.2. The van der Waals surface area contributed by atoms with Crippen LogP contribution in [0.2, 0.25) is 0 Å². The fraction of sp³-hybridized carbons (Fsp3) is 0.286. The van der Waals surface area contributed by atoms with Crippen molar-refractivity contribution >= 4 is 27.5 Å². The van der Waals surface area contributed by atoms with E-state index in [2.05, 4.69) is 5.32 Å². The molecule has 0 radical (unpaired) electrons. The second kappa shape index (κ2) is 11.9. The zero-order chi connectivity index (χ0) is 26.3. The van der Waals surface area contributed by atoms with E-state index in [9.17, 15) is 18.0 Å². The standard InChI is InChI=1S/C28H33N3O4S/c1-5-29-28(33)23(4)30(19-24-12-8-6-9-13-24)27(32)20-31(26-18-21(2)16-17-22(26)3)36(34,35)25-14-10-7-11-15-25/h6-18,23H,5,19-20H2,1-4H3,(H,29,33). The number of nitrogens with one attached hydrogen (secondary N) is 1. The minimum absolute atomic E-state index is 0.0880. The second-order valence-corrected chi connectivity index (χ2v) is 10.6. The summed E-state index contributed by atoms with van der Waals surface area (Å²) in [7, 11) is -4.07. The third-order valence-corrected chi connectivity index (χ3v) is 7.73. The molecule has 1 unspecified atom stereocenters. The quantitative estimate of drug-likeness (QED) is 0.449. The van der Waals surface area contributed by atoms with E-state index < -0.39 is 28.5 Å². The van der Waals surface area contributed by atoms with Crippen LogP contribution < -0.4 is 9.62 Å². The van der Waals surface area contributed by atoms with Crippen LogP contribution in [0.1, 0.15) is 30.5 Å². The molecule has 0 aliphatic carbocycles. The van der Waals surface area contributed by atoms with Gasteiger partial charge in [0, 0.05) is 13.1 Å². The Balaban J connectivity index is 2.05. The van der Waals surface area contributed by atoms with E-state index >= 15 is 0 Å². The van der Waals surface area contributed by atoms with Crippen molar-refractivity contribution in [2.75, 3.05) is 17.4 Å². The van der Waals surface area contributed by atoms with Crippen LogP contribution in [0.3, 0.4) is 0 Å². The van der Waals surface area contributed by atoms with Gasteiger partial charge in [0.2, 0.25) is 11.8 Å². The first-order valence-electron chi connectivity index (χ1n) is 11.9. The Bertz CT molecular complexity index is 1290. The average Bonchev–Trinajstić information content (AvgIpc) is 2.88. The molecule has 190 valence electrons. The summed E-state index contributed by atoms with van der Waals surface area (Å²) in [6.07, 6.45) is 0. The number of hydrogen-bond donors (Lipinski definition) is 1. The van der Waals surface area contributed by atoms with Crippen LogP contribution >= 0.6 is 0 Å². The fourth-order valence-corrected chi connectivity index (χ4v) is 5.40. The van der Waals surface area contributed by atoms with Gasteiger partial charge in [-0.3, -0.25) is 13.9 Å². The topological polar surface area (TPSA) is 86.8 Å². The van der Waals surface area contributed by atoms with Crippen molar-refractivity contribution in [2.24, 2.45) is 0 Å². The van der Waals surface area contributed by atoms with Crippen molar-refractivity contribution in [1.29, 1.82) is 0 Å². The summed E-state index contributed by atoms with van der Waals surface area (Å²) in [5, 5.41) is 2.76. The molecule has 0 bridgehead atoms. The van der Waals surface area contributed by atoms with Gasteiger partial charge in [0.1, 0.15) is 12.6 Å². The van der Waals surface area contributed by atoms with Crippen molar-refractivity contribution < 1.29 is 18.0 Å². The number of carbonyl (C=O) groups is 2. The lowest BCUT2D eigenvalue weighted by Crippen LogP contribution is -2.51. The molecule has 1 N–H and O–H groups in total. The molecule has 3 aromatic carbocycles. The first-order chi connectivity index (χ1) is 17.1. The fourth-order valence-electron chi connectivity index (χ4n) is 3.91. The Morgan fingerprint density at radius 1 is 0.917 bits per heavy atom. The predicted octanol–water partition coefficient (Wildman–Crippen LogP) is 4.05. The SMILES string of the molecule is CCNC(=O)C(C)N(Cc1ccccc1)C(=O)CN(c1cc(C)ccc1C)S(=O)(=O)c1ccccc1. The summed E-state index contributed by atoms with van der Waals surface area (Å²) >= 11 is 0. The maximum Gasteiger partial charge on any atom is 0.264 e. The van der Waals surface area contributed by atoms with E-state index in [1.54, 1.807) is 31.2 Å². The zero-order valence-corrected chi connectivity index (χ0v) is 22.0. The third kappa shape index (κ3) is 6.31. The molecule has 0 aromatic heterocycles. The highest BCUT2D eigenvalue weighted by molar-refractivity contribution is 7.92. The summed E-state index contributed by atoms with van der Waals surface area (Å²) in [6.45, 7) is 7.29. The van der Waals surface area contributed by atoms with Crippen LogP contribution in [0, 0.1) is 13.8 Å². The van der Waals surface area contributed by atoms with Crippen molar-refractivity contribution in [3.63, 3.8) is 0 Å². The summed E-state index contributed by atoms with van der Waals surface area (Å²) in [5.41, 5.74) is 2.86. The zero-order valence-electron chi connectivity index (χ0n) is 21.1. The number of amides is 2. The smallest absolute Gasteiger partial charge is 0.264 e. The first kappa shape index (κ1) is 26.9. The number of likely N-dealkylation sites (N-methyl/N-ethyl adjacent to an activating group) is 1. The summed E-state index contributed by atoms with van der Waals surface area (Å²) in [4.78, 5) is 28.0. The number of anilines is 1. The lowest BCUT2D eigenvalue weighted by atomic mass is 10.1. The summed E-state index contributed by atoms with van der Waals surface area (Å²) in [6, 6.07) is 22.1. The number of aryl methyl sites for hydroxylation is 2. The lowest BCUT2D eigenvalue weighted by molar-refractivity contribution is -0.139. The predicted molar refractivity (Wildman–Crippen MR) is 142 cm³/mol. The number of nitrogens with zero attached hydrogens (tertiary/aromatic N) is 2. The molecule has 0 saturated carbocycles. The molecule has 3 rings (SSSR count). The van der Waals surface area contributed by atoms with Gasteiger partial charge in [0.05, 0.1) is 10.6 Å². The van der Waals surface area contributed by atoms with Crippen molar-refractivity contribution in [3.8, 4) is 0 Å². The van der Waals surface area contributed by atoms with Gasteiger partial charge >= 0.3 is 0 Å². The van der Waals surface area contributed by atoms with Gasteiger partial charge in [0.25, 0.3) is 10.0 Å². The molecular formula is C28H33N3O4S. The number of benzene rings is 3. The number of carbonyl (C=O) groups excluding carboxylic acids is 2. The Morgan fingerprint density at radius 3 is 2.14 bits per heavy atom. The third-order valence-electron chi connectivity index (χ3n) is 5.96. The number of rotatable bonds is 10. The van der Waals surface area contributed by atoms with Crippen LogP contribution in [-0.4, -0.2) is 44.3 Å². The monoisotopic (exact) mass is 507 g/mol. The largest absolute Gasteiger partial charge is 0.355 e. The molecule has 36 heavy (non-hydrogen) atoms. The van der Waals surface area contributed by atoms with E-state index in [0.29, 0.717) is 12.2 Å². The van der Waals surface area contributed by atoms with E-state index in [1.165, 1.54) is 17.0 Å². The van der Waals surface area contributed by atoms with Crippen molar-refractivity contribution in [3.05, 3.63) is 95.6 Å². The molecule has 1 atom stereocenters. The molecule has 0 aliphatic heterocycles. The van der Waals surface area contributed by atoms with Crippen molar-refractivity contribution in [1.82, 2.24) is 10.2 Å². The van der Waals surface area contributed by atoms with E-state index in [-0.39, 0.29) is 17.3 Å². The second-order valence-electron chi connectivity index (χ2n) is 8.69. The molecule has 8 heteroatoms. The molecule has 0 heterocycles. The molecule has 0 spiro atoms. The van der Waals surface area contributed by atoms with Gasteiger partial charge in [-0.15, -0.1) is 0 Å². The minimum atomic E-state index is -4.07. The Labute approximate surface area is 213 Å². The average molecular weight is 508 g/mol. The first-order valence-corrected chi connectivity index (χ1v) is 13.3. The minimum Gasteiger partial charge on any atom is -0.355 e. The highest BCUT2D eigenvalue weighted by Crippen LogP contribution is 2.28. The van der Waals surface area contributed by atoms with Gasteiger partial charge < -0.3 is 10.2 Å². The van der Waals surface area contributed by atoms with Gasteiger partial charge in [-0.2, -0.15) is 0 Å². The molecular weight excluding hydrogens is 474 g/mol. The molecule has 3 aromatic rings. The molecule has 0 saturated heterocycles. The van der Waals surface area contributed by atoms with Gasteiger partial charge in [-0.05, 0) is 62.6 Å². The van der Waals surface area contributed by atoms with E-state index in [0.717, 1.165) is 21.0 Å². The molecule has 7 nitrogen and oxygen atoms in total. The summed E-state index contributed by atoms with van der Waals surface area (Å²) in [5.74, 6) is -0.774. The molecule has 2 amide bonds. The number of hydrogen-bond acceptors (Lipinski definition) is 4. The lowest BCUT2D eigenvalue weighted by Gasteiger charge is -2.32. The molecule has 0 fully saturated rings. The highest BCUT2D eigenvalue weighted by Gasteiger charge is 2.33. The van der Waals surface area contributed by atoms with Crippen LogP contribution in [0.5, 0.6) is 0 Å². The normalized spacial score (nSPS) is 12.0. The van der Waals surface area contributed by atoms with Gasteiger partial charge in [-0.1, -0.05) is 60.7 Å². The Morgan fingerprint density at radius 2 is 1.53 bits per heavy atom. The van der Waals surface area contributed by atoms with Crippen LogP contribution in [0.15, 0.2) is 83.8 Å². The van der Waals surface area contributed by atoms with Gasteiger partial charge in [-0.25, -0.2) is 8.42 Å². The Hall–Kier alpha value is -3.65. The number of sulfonamides is 1. The Kier molecular flexibility index (Phi) is 8.88. The van der Waals surface area contributed by atoms with E-state index in [1.807, 2.05) is 63.2 Å². The summed E-state index contributed by atoms with van der Waals surface area (Å²) < 4.78 is 28.7. The van der Waals surface area contributed by atoms with Crippen molar-refractivity contribution in [2.45, 2.75) is 45.2 Å². The van der Waals surface area contributed by atoms with Crippen LogP contribution in [-0.2, 0) is 26.2 Å². The maximum atomic E-state index is 13.8. The van der Waals surface area contributed by atoms with E-state index in [4.69, 9.17) is 0 Å². The van der Waals surface area contributed by atoms with Crippen LogP contribution in [0.4, 0.5) is 5.69 Å². The molecule has 0 aliphatic rings. The maximum absolute atomic E-state index is 13.8. The van der Waals surface area contributed by atoms with Crippen LogP contribution in [0.25, 0.3) is 0 Å². The van der Waals surface area contributed by atoms with Gasteiger partial charge in [0.15, 0.2) is 0 Å².